The standard InChI is InChI=1S/C18H26N2O/c1-13-5-3-6-14(11-13)12-20(15-8-9-15)17(21)18(2)10-4-7-16(18)19/h3,5-6,11,15-16H,4,7-10,12,19H2,1-2H3. The van der Waals surface area contributed by atoms with E-state index < -0.39 is 0 Å². The van der Waals surface area contributed by atoms with Crippen molar-refractivity contribution in [2.75, 3.05) is 0 Å². The minimum atomic E-state index is -0.355. The van der Waals surface area contributed by atoms with Crippen LogP contribution < -0.4 is 5.73 Å². The van der Waals surface area contributed by atoms with Crippen molar-refractivity contribution in [1.29, 1.82) is 0 Å². The summed E-state index contributed by atoms with van der Waals surface area (Å²) in [7, 11) is 0. The van der Waals surface area contributed by atoms with Crippen molar-refractivity contribution in [3.05, 3.63) is 35.4 Å². The van der Waals surface area contributed by atoms with Gasteiger partial charge in [-0.1, -0.05) is 36.2 Å². The second kappa shape index (κ2) is 5.45. The summed E-state index contributed by atoms with van der Waals surface area (Å²) >= 11 is 0. The number of nitrogens with zero attached hydrogens (tertiary/aromatic N) is 1. The molecule has 1 aromatic rings. The van der Waals surface area contributed by atoms with Crippen LogP contribution in [0.3, 0.4) is 0 Å². The summed E-state index contributed by atoms with van der Waals surface area (Å²) in [5, 5.41) is 0. The molecule has 2 aliphatic rings. The molecule has 0 bridgehead atoms. The predicted octanol–water partition coefficient (Wildman–Crippen LogP) is 3.00. The van der Waals surface area contributed by atoms with Crippen LogP contribution in [0.5, 0.6) is 0 Å². The zero-order chi connectivity index (χ0) is 15.0. The minimum Gasteiger partial charge on any atom is -0.335 e. The Morgan fingerprint density at radius 2 is 2.14 bits per heavy atom. The maximum atomic E-state index is 13.1. The number of nitrogens with two attached hydrogens (primary N) is 1. The summed E-state index contributed by atoms with van der Waals surface area (Å²) in [5.74, 6) is 0.275. The van der Waals surface area contributed by atoms with Gasteiger partial charge in [0.2, 0.25) is 5.91 Å². The maximum Gasteiger partial charge on any atom is 0.230 e. The average Bonchev–Trinajstić information content (AvgIpc) is 3.23. The first kappa shape index (κ1) is 14.6. The van der Waals surface area contributed by atoms with Gasteiger partial charge in [-0.3, -0.25) is 4.79 Å². The molecule has 0 aromatic heterocycles. The third-order valence-corrected chi connectivity index (χ3v) is 5.20. The van der Waals surface area contributed by atoms with Gasteiger partial charge in [-0.15, -0.1) is 0 Å². The molecule has 2 unspecified atom stereocenters. The average molecular weight is 286 g/mol. The Bertz CT molecular complexity index is 538. The molecule has 0 aliphatic heterocycles. The fourth-order valence-electron chi connectivity index (χ4n) is 3.55. The maximum absolute atomic E-state index is 13.1. The van der Waals surface area contributed by atoms with Gasteiger partial charge in [0, 0.05) is 18.6 Å². The molecule has 3 rings (SSSR count). The number of rotatable bonds is 4. The number of aryl methyl sites for hydroxylation is 1. The summed E-state index contributed by atoms with van der Waals surface area (Å²) in [6.45, 7) is 4.90. The number of carbonyl (C=O) groups excluding carboxylic acids is 1. The Hall–Kier alpha value is -1.35. The van der Waals surface area contributed by atoms with Crippen molar-refractivity contribution in [2.45, 2.75) is 64.6 Å². The lowest BCUT2D eigenvalue weighted by Gasteiger charge is -2.35. The Balaban J connectivity index is 1.80. The van der Waals surface area contributed by atoms with Crippen LogP contribution in [-0.4, -0.2) is 22.9 Å². The molecule has 0 spiro atoms. The lowest BCUT2D eigenvalue weighted by Crippen LogP contribution is -2.49. The molecular weight excluding hydrogens is 260 g/mol. The van der Waals surface area contributed by atoms with Gasteiger partial charge in [0.25, 0.3) is 0 Å². The summed E-state index contributed by atoms with van der Waals surface area (Å²) in [6.07, 6.45) is 5.27. The van der Waals surface area contributed by atoms with Gasteiger partial charge < -0.3 is 10.6 Å². The smallest absolute Gasteiger partial charge is 0.230 e. The summed E-state index contributed by atoms with van der Waals surface area (Å²) < 4.78 is 0. The van der Waals surface area contributed by atoms with Gasteiger partial charge in [0.05, 0.1) is 5.41 Å². The quantitative estimate of drug-likeness (QED) is 0.925. The number of hydrogen-bond acceptors (Lipinski definition) is 2. The fourth-order valence-corrected chi connectivity index (χ4v) is 3.55. The largest absolute Gasteiger partial charge is 0.335 e. The van der Waals surface area contributed by atoms with Crippen LogP contribution in [-0.2, 0) is 11.3 Å². The minimum absolute atomic E-state index is 0.0174. The van der Waals surface area contributed by atoms with Gasteiger partial charge in [-0.25, -0.2) is 0 Å². The highest BCUT2D eigenvalue weighted by molar-refractivity contribution is 5.84. The van der Waals surface area contributed by atoms with Crippen LogP contribution in [0, 0.1) is 12.3 Å². The molecule has 114 valence electrons. The second-order valence-corrected chi connectivity index (χ2v) is 7.07. The fraction of sp³-hybridized carbons (Fsp3) is 0.611. The zero-order valence-electron chi connectivity index (χ0n) is 13.1. The van der Waals surface area contributed by atoms with Crippen molar-refractivity contribution >= 4 is 5.91 Å². The Morgan fingerprint density at radius 1 is 1.38 bits per heavy atom. The monoisotopic (exact) mass is 286 g/mol. The van der Waals surface area contributed by atoms with E-state index in [0.717, 1.165) is 38.6 Å². The molecule has 0 heterocycles. The topological polar surface area (TPSA) is 46.3 Å². The summed E-state index contributed by atoms with van der Waals surface area (Å²) in [6, 6.07) is 8.92. The molecule has 3 nitrogen and oxygen atoms in total. The van der Waals surface area contributed by atoms with E-state index in [-0.39, 0.29) is 17.4 Å². The van der Waals surface area contributed by atoms with E-state index in [2.05, 4.69) is 43.0 Å². The Kier molecular flexibility index (Phi) is 3.78. The molecule has 2 atom stereocenters. The molecule has 2 N–H and O–H groups in total. The van der Waals surface area contributed by atoms with Gasteiger partial charge >= 0.3 is 0 Å². The highest BCUT2D eigenvalue weighted by Gasteiger charge is 2.47. The third kappa shape index (κ3) is 2.84. The molecule has 0 radical (unpaired) electrons. The number of hydrogen-bond donors (Lipinski definition) is 1. The Labute approximate surface area is 127 Å². The number of carbonyl (C=O) groups is 1. The molecule has 2 aliphatic carbocycles. The van der Waals surface area contributed by atoms with Crippen LogP contribution >= 0.6 is 0 Å². The Morgan fingerprint density at radius 3 is 2.71 bits per heavy atom. The van der Waals surface area contributed by atoms with E-state index >= 15 is 0 Å². The van der Waals surface area contributed by atoms with E-state index in [1.165, 1.54) is 11.1 Å². The van der Waals surface area contributed by atoms with Gasteiger partial charge in [-0.2, -0.15) is 0 Å². The van der Waals surface area contributed by atoms with E-state index in [9.17, 15) is 4.79 Å². The SMILES string of the molecule is Cc1cccc(CN(C(=O)C2(C)CCCC2N)C2CC2)c1. The van der Waals surface area contributed by atoms with Crippen molar-refractivity contribution in [2.24, 2.45) is 11.1 Å². The van der Waals surface area contributed by atoms with E-state index in [0.29, 0.717) is 6.04 Å². The summed E-state index contributed by atoms with van der Waals surface area (Å²) in [5.41, 5.74) is 8.36. The first-order valence-electron chi connectivity index (χ1n) is 8.13. The van der Waals surface area contributed by atoms with Crippen molar-refractivity contribution in [1.82, 2.24) is 4.90 Å². The van der Waals surface area contributed by atoms with Gasteiger partial charge in [0.1, 0.15) is 0 Å². The molecule has 21 heavy (non-hydrogen) atoms. The van der Waals surface area contributed by atoms with Crippen LogP contribution in [0.4, 0.5) is 0 Å². The van der Waals surface area contributed by atoms with Gasteiger partial charge in [-0.05, 0) is 45.1 Å². The molecular formula is C18H26N2O. The number of amides is 1. The third-order valence-electron chi connectivity index (χ3n) is 5.20. The van der Waals surface area contributed by atoms with Crippen LogP contribution in [0.2, 0.25) is 0 Å². The first-order chi connectivity index (χ1) is 10.0. The molecule has 0 saturated heterocycles. The normalized spacial score (nSPS) is 28.6. The highest BCUT2D eigenvalue weighted by Crippen LogP contribution is 2.41. The zero-order valence-corrected chi connectivity index (χ0v) is 13.1. The van der Waals surface area contributed by atoms with E-state index in [1.807, 2.05) is 0 Å². The second-order valence-electron chi connectivity index (χ2n) is 7.07. The van der Waals surface area contributed by atoms with Crippen molar-refractivity contribution < 1.29 is 4.79 Å². The van der Waals surface area contributed by atoms with Crippen molar-refractivity contribution in [3.8, 4) is 0 Å². The highest BCUT2D eigenvalue weighted by atomic mass is 16.2. The van der Waals surface area contributed by atoms with Crippen LogP contribution in [0.25, 0.3) is 0 Å². The van der Waals surface area contributed by atoms with Crippen molar-refractivity contribution in [3.63, 3.8) is 0 Å². The van der Waals surface area contributed by atoms with E-state index in [1.54, 1.807) is 0 Å². The van der Waals surface area contributed by atoms with Gasteiger partial charge in [0.15, 0.2) is 0 Å². The van der Waals surface area contributed by atoms with Crippen LogP contribution in [0.15, 0.2) is 24.3 Å². The lowest BCUT2D eigenvalue weighted by molar-refractivity contribution is -0.143. The molecule has 3 heteroatoms. The summed E-state index contributed by atoms with van der Waals surface area (Å²) in [4.78, 5) is 15.2. The van der Waals surface area contributed by atoms with E-state index in [4.69, 9.17) is 5.73 Å². The van der Waals surface area contributed by atoms with Crippen LogP contribution in [0.1, 0.15) is 50.2 Å². The molecule has 2 saturated carbocycles. The molecule has 1 aromatic carbocycles. The molecule has 1 amide bonds. The lowest BCUT2D eigenvalue weighted by atomic mass is 9.83. The molecule has 2 fully saturated rings. The first-order valence-corrected chi connectivity index (χ1v) is 8.13. The predicted molar refractivity (Wildman–Crippen MR) is 84.7 cm³/mol. The number of benzene rings is 1.